The molecule has 0 atom stereocenters. The van der Waals surface area contributed by atoms with Gasteiger partial charge in [-0.2, -0.15) is 9.67 Å². The minimum absolute atomic E-state index is 0.109. The Morgan fingerprint density at radius 1 is 1.50 bits per heavy atom. The van der Waals surface area contributed by atoms with E-state index in [1.807, 2.05) is 0 Å². The van der Waals surface area contributed by atoms with E-state index in [0.29, 0.717) is 16.1 Å². The third kappa shape index (κ3) is 1.87. The lowest BCUT2D eigenvalue weighted by atomic mass is 10.2. The molecule has 2 heterocycles. The molecule has 0 aliphatic rings. The van der Waals surface area contributed by atoms with Crippen molar-refractivity contribution in [1.82, 2.24) is 19.7 Å². The highest BCUT2D eigenvalue weighted by molar-refractivity contribution is 9.10. The minimum Gasteiger partial charge on any atom is -0.366 e. The summed E-state index contributed by atoms with van der Waals surface area (Å²) in [6.07, 6.45) is 1.46. The van der Waals surface area contributed by atoms with Gasteiger partial charge < -0.3 is 11.5 Å². The van der Waals surface area contributed by atoms with Gasteiger partial charge in [0.1, 0.15) is 0 Å². The number of nitrogen functional groups attached to an aromatic ring is 1. The Labute approximate surface area is 98.6 Å². The molecule has 2 aromatic rings. The molecule has 0 unspecified atom stereocenters. The standard InChI is InChI=1S/C8H7BrN6O/c9-7-13-8(11)14-15(7)5-3-4(6(10)16)1-2-12-5/h1-3H,(H2,10,16)(H2,11,14). The van der Waals surface area contributed by atoms with Crippen LogP contribution in [0.15, 0.2) is 23.1 Å². The summed E-state index contributed by atoms with van der Waals surface area (Å²) < 4.78 is 1.76. The fourth-order valence-electron chi connectivity index (χ4n) is 1.14. The van der Waals surface area contributed by atoms with E-state index in [1.54, 1.807) is 0 Å². The Bertz CT molecular complexity index is 551. The Hall–Kier alpha value is -1.96. The van der Waals surface area contributed by atoms with Crippen molar-refractivity contribution in [3.63, 3.8) is 0 Å². The molecule has 2 aromatic heterocycles. The summed E-state index contributed by atoms with van der Waals surface area (Å²) in [6, 6.07) is 3.02. The van der Waals surface area contributed by atoms with Crippen molar-refractivity contribution in [3.8, 4) is 5.82 Å². The van der Waals surface area contributed by atoms with Crippen molar-refractivity contribution >= 4 is 27.8 Å². The van der Waals surface area contributed by atoms with Gasteiger partial charge in [-0.25, -0.2) is 4.98 Å². The summed E-state index contributed by atoms with van der Waals surface area (Å²) in [5.41, 5.74) is 10.9. The summed E-state index contributed by atoms with van der Waals surface area (Å²) in [5.74, 6) is -0.0154. The lowest BCUT2D eigenvalue weighted by molar-refractivity contribution is 0.1000. The number of primary amides is 1. The van der Waals surface area contributed by atoms with Crippen LogP contribution in [0.25, 0.3) is 5.82 Å². The van der Waals surface area contributed by atoms with Crippen LogP contribution in [0.5, 0.6) is 0 Å². The number of amides is 1. The lowest BCUT2D eigenvalue weighted by Gasteiger charge is -2.01. The summed E-state index contributed by atoms with van der Waals surface area (Å²) in [4.78, 5) is 18.9. The average Bonchev–Trinajstić information content (AvgIpc) is 2.58. The number of halogens is 1. The SMILES string of the molecule is NC(=O)c1ccnc(-n2nc(N)nc2Br)c1. The molecule has 0 spiro atoms. The van der Waals surface area contributed by atoms with Gasteiger partial charge in [0.2, 0.25) is 16.6 Å². The van der Waals surface area contributed by atoms with Crippen LogP contribution in [0.3, 0.4) is 0 Å². The van der Waals surface area contributed by atoms with Crippen molar-refractivity contribution in [1.29, 1.82) is 0 Å². The van der Waals surface area contributed by atoms with Crippen LogP contribution < -0.4 is 11.5 Å². The van der Waals surface area contributed by atoms with E-state index in [9.17, 15) is 4.79 Å². The minimum atomic E-state index is -0.534. The van der Waals surface area contributed by atoms with E-state index in [1.165, 1.54) is 23.0 Å². The zero-order chi connectivity index (χ0) is 11.7. The highest BCUT2D eigenvalue weighted by Gasteiger charge is 2.09. The molecular weight excluding hydrogens is 276 g/mol. The summed E-state index contributed by atoms with van der Waals surface area (Å²) in [6.45, 7) is 0. The summed E-state index contributed by atoms with van der Waals surface area (Å²) >= 11 is 3.17. The van der Waals surface area contributed by atoms with Crippen molar-refractivity contribution < 1.29 is 4.79 Å². The number of carbonyl (C=O) groups excluding carboxylic acids is 1. The van der Waals surface area contributed by atoms with E-state index < -0.39 is 5.91 Å². The molecule has 0 aromatic carbocycles. The maximum absolute atomic E-state index is 11.0. The molecule has 0 saturated carbocycles. The fourth-order valence-corrected chi connectivity index (χ4v) is 1.58. The number of hydrogen-bond acceptors (Lipinski definition) is 5. The van der Waals surface area contributed by atoms with Gasteiger partial charge in [-0.1, -0.05) is 0 Å². The van der Waals surface area contributed by atoms with Crippen molar-refractivity contribution in [2.45, 2.75) is 0 Å². The molecule has 0 bridgehead atoms. The number of pyridine rings is 1. The Morgan fingerprint density at radius 2 is 2.25 bits per heavy atom. The predicted octanol–water partition coefficient (Wildman–Crippen LogP) is 0.106. The van der Waals surface area contributed by atoms with Crippen LogP contribution in [-0.2, 0) is 0 Å². The van der Waals surface area contributed by atoms with E-state index in [2.05, 4.69) is 31.0 Å². The van der Waals surface area contributed by atoms with Crippen molar-refractivity contribution in [3.05, 3.63) is 28.6 Å². The van der Waals surface area contributed by atoms with Gasteiger partial charge in [-0.15, -0.1) is 5.10 Å². The fraction of sp³-hybridized carbons (Fsp3) is 0. The molecule has 2 rings (SSSR count). The molecule has 0 fully saturated rings. The zero-order valence-electron chi connectivity index (χ0n) is 7.96. The zero-order valence-corrected chi connectivity index (χ0v) is 9.55. The van der Waals surface area contributed by atoms with Crippen LogP contribution in [0.1, 0.15) is 10.4 Å². The molecule has 0 aliphatic carbocycles. The van der Waals surface area contributed by atoms with Crippen molar-refractivity contribution in [2.75, 3.05) is 5.73 Å². The molecule has 7 nitrogen and oxygen atoms in total. The molecule has 0 radical (unpaired) electrons. The highest BCUT2D eigenvalue weighted by Crippen LogP contribution is 2.14. The number of aromatic nitrogens is 4. The second kappa shape index (κ2) is 3.89. The topological polar surface area (TPSA) is 113 Å². The van der Waals surface area contributed by atoms with Gasteiger partial charge in [0.25, 0.3) is 0 Å². The van der Waals surface area contributed by atoms with Gasteiger partial charge in [0.15, 0.2) is 5.82 Å². The van der Waals surface area contributed by atoms with E-state index in [0.717, 1.165) is 0 Å². The second-order valence-corrected chi connectivity index (χ2v) is 3.63. The van der Waals surface area contributed by atoms with Crippen LogP contribution in [-0.4, -0.2) is 25.7 Å². The number of hydrogen-bond donors (Lipinski definition) is 2. The smallest absolute Gasteiger partial charge is 0.248 e. The van der Waals surface area contributed by atoms with Gasteiger partial charge in [0, 0.05) is 11.8 Å². The number of rotatable bonds is 2. The van der Waals surface area contributed by atoms with Crippen LogP contribution in [0.4, 0.5) is 5.95 Å². The number of nitrogens with zero attached hydrogens (tertiary/aromatic N) is 4. The highest BCUT2D eigenvalue weighted by atomic mass is 79.9. The average molecular weight is 283 g/mol. The monoisotopic (exact) mass is 282 g/mol. The molecule has 82 valence electrons. The predicted molar refractivity (Wildman–Crippen MR) is 59.8 cm³/mol. The first-order valence-electron chi connectivity index (χ1n) is 4.22. The third-order valence-corrected chi connectivity index (χ3v) is 2.34. The molecule has 8 heteroatoms. The van der Waals surface area contributed by atoms with Gasteiger partial charge in [-0.3, -0.25) is 4.79 Å². The largest absolute Gasteiger partial charge is 0.366 e. The Morgan fingerprint density at radius 3 is 2.81 bits per heavy atom. The van der Waals surface area contributed by atoms with E-state index in [-0.39, 0.29) is 5.95 Å². The molecule has 0 aliphatic heterocycles. The number of carbonyl (C=O) groups is 1. The first-order valence-corrected chi connectivity index (χ1v) is 5.01. The molecule has 0 saturated heterocycles. The summed E-state index contributed by atoms with van der Waals surface area (Å²) in [5, 5.41) is 3.90. The van der Waals surface area contributed by atoms with Crippen molar-refractivity contribution in [2.24, 2.45) is 5.73 Å². The third-order valence-electron chi connectivity index (χ3n) is 1.83. The van der Waals surface area contributed by atoms with Crippen LogP contribution in [0.2, 0.25) is 0 Å². The number of nitrogens with two attached hydrogens (primary N) is 2. The molecule has 1 amide bonds. The van der Waals surface area contributed by atoms with E-state index in [4.69, 9.17) is 11.5 Å². The lowest BCUT2D eigenvalue weighted by Crippen LogP contribution is -2.12. The maximum Gasteiger partial charge on any atom is 0.248 e. The summed E-state index contributed by atoms with van der Waals surface area (Å²) in [7, 11) is 0. The normalized spacial score (nSPS) is 10.3. The Kier molecular flexibility index (Phi) is 2.57. The van der Waals surface area contributed by atoms with Crippen LogP contribution >= 0.6 is 15.9 Å². The van der Waals surface area contributed by atoms with Gasteiger partial charge >= 0.3 is 0 Å². The molecular formula is C8H7BrN6O. The first kappa shape index (κ1) is 10.6. The maximum atomic E-state index is 11.0. The van der Waals surface area contributed by atoms with Gasteiger partial charge in [-0.05, 0) is 28.1 Å². The van der Waals surface area contributed by atoms with E-state index >= 15 is 0 Å². The van der Waals surface area contributed by atoms with Crippen LogP contribution in [0, 0.1) is 0 Å². The second-order valence-electron chi connectivity index (χ2n) is 2.92. The number of anilines is 1. The first-order chi connectivity index (χ1) is 7.58. The van der Waals surface area contributed by atoms with Gasteiger partial charge in [0.05, 0.1) is 0 Å². The quantitative estimate of drug-likeness (QED) is 0.811. The molecule has 16 heavy (non-hydrogen) atoms. The molecule has 4 N–H and O–H groups in total. The Balaban J connectivity index is 2.52.